The van der Waals surface area contributed by atoms with Crippen LogP contribution >= 0.6 is 12.4 Å². The number of nitrogens with one attached hydrogen (secondary N) is 2. The Kier molecular flexibility index (Phi) is 6.42. The van der Waals surface area contributed by atoms with Gasteiger partial charge in [0.25, 0.3) is 5.91 Å². The number of nitrogens with zero attached hydrogens (tertiary/aromatic N) is 2. The highest BCUT2D eigenvalue weighted by molar-refractivity contribution is 5.94. The number of fused-ring (bicyclic) bond motifs is 1. The number of carbonyl (C=O) groups excluding carboxylic acids is 1. The van der Waals surface area contributed by atoms with Gasteiger partial charge in [0.2, 0.25) is 0 Å². The maximum atomic E-state index is 12.9. The summed E-state index contributed by atoms with van der Waals surface area (Å²) in [7, 11) is 1.63. The Balaban J connectivity index is 0.00000208. The number of methoxy groups -OCH3 is 1. The first-order chi connectivity index (χ1) is 11.2. The highest BCUT2D eigenvalue weighted by atomic mass is 35.5. The van der Waals surface area contributed by atoms with Gasteiger partial charge in [0, 0.05) is 44.4 Å². The number of rotatable bonds is 6. The molecule has 7 nitrogen and oxygen atoms in total. The van der Waals surface area contributed by atoms with E-state index in [2.05, 4.69) is 15.5 Å². The standard InChI is InChI=1S/C16H22N4O3.ClH/c1-11-3-4-12(23-11)10-20(7-8-22-2)16(21)15-13-9-17-6-5-14(13)18-19-15;/h3-4,17H,5-10H2,1-2H3,(H,18,19);1H. The molecule has 3 heterocycles. The van der Waals surface area contributed by atoms with Gasteiger partial charge >= 0.3 is 0 Å². The molecule has 0 bridgehead atoms. The number of amides is 1. The molecule has 1 aliphatic heterocycles. The first kappa shape index (κ1) is 18.5. The average molecular weight is 355 g/mol. The molecule has 0 spiro atoms. The highest BCUT2D eigenvalue weighted by Crippen LogP contribution is 2.18. The van der Waals surface area contributed by atoms with Crippen molar-refractivity contribution in [2.45, 2.75) is 26.4 Å². The van der Waals surface area contributed by atoms with Crippen LogP contribution < -0.4 is 5.32 Å². The van der Waals surface area contributed by atoms with Gasteiger partial charge < -0.3 is 19.4 Å². The average Bonchev–Trinajstić information content (AvgIpc) is 3.17. The van der Waals surface area contributed by atoms with E-state index in [0.29, 0.717) is 31.9 Å². The lowest BCUT2D eigenvalue weighted by atomic mass is 10.1. The molecule has 0 saturated carbocycles. The number of halogens is 1. The number of H-pyrrole nitrogens is 1. The van der Waals surface area contributed by atoms with Crippen LogP contribution in [0, 0.1) is 6.92 Å². The number of aromatic amines is 1. The fourth-order valence-corrected chi connectivity index (χ4v) is 2.76. The van der Waals surface area contributed by atoms with Gasteiger partial charge in [0.15, 0.2) is 5.69 Å². The van der Waals surface area contributed by atoms with Crippen molar-refractivity contribution in [1.29, 1.82) is 0 Å². The smallest absolute Gasteiger partial charge is 0.275 e. The molecule has 8 heteroatoms. The third kappa shape index (κ3) is 3.98. The maximum absolute atomic E-state index is 12.9. The first-order valence-electron chi connectivity index (χ1n) is 7.79. The summed E-state index contributed by atoms with van der Waals surface area (Å²) >= 11 is 0. The number of aromatic nitrogens is 2. The topological polar surface area (TPSA) is 83.4 Å². The Bertz CT molecular complexity index is 683. The summed E-state index contributed by atoms with van der Waals surface area (Å²) in [5.41, 5.74) is 2.51. The van der Waals surface area contributed by atoms with E-state index >= 15 is 0 Å². The van der Waals surface area contributed by atoms with E-state index in [4.69, 9.17) is 9.15 Å². The Hall–Kier alpha value is -1.83. The van der Waals surface area contributed by atoms with Crippen LogP contribution in [-0.4, -0.2) is 47.8 Å². The minimum absolute atomic E-state index is 0. The second-order valence-electron chi connectivity index (χ2n) is 5.69. The number of carbonyl (C=O) groups is 1. The zero-order valence-corrected chi connectivity index (χ0v) is 14.7. The van der Waals surface area contributed by atoms with Gasteiger partial charge in [-0.3, -0.25) is 9.89 Å². The van der Waals surface area contributed by atoms with Gasteiger partial charge in [-0.25, -0.2) is 0 Å². The van der Waals surface area contributed by atoms with E-state index in [1.165, 1.54) is 0 Å². The van der Waals surface area contributed by atoms with Crippen LogP contribution in [-0.2, 0) is 24.2 Å². The van der Waals surface area contributed by atoms with Crippen molar-refractivity contribution >= 4 is 18.3 Å². The largest absolute Gasteiger partial charge is 0.464 e. The van der Waals surface area contributed by atoms with Gasteiger partial charge in [-0.15, -0.1) is 12.4 Å². The van der Waals surface area contributed by atoms with Crippen LogP contribution in [0.25, 0.3) is 0 Å². The van der Waals surface area contributed by atoms with Crippen molar-refractivity contribution in [3.05, 3.63) is 40.6 Å². The van der Waals surface area contributed by atoms with E-state index < -0.39 is 0 Å². The molecule has 1 aliphatic rings. The second kappa shape index (κ2) is 8.32. The molecule has 0 atom stereocenters. The summed E-state index contributed by atoms with van der Waals surface area (Å²) in [6, 6.07) is 3.79. The predicted octanol–water partition coefficient (Wildman–Crippen LogP) is 1.67. The van der Waals surface area contributed by atoms with Crippen LogP contribution in [0.3, 0.4) is 0 Å². The molecule has 0 unspecified atom stereocenters. The van der Waals surface area contributed by atoms with E-state index in [-0.39, 0.29) is 18.3 Å². The van der Waals surface area contributed by atoms with Gasteiger partial charge in [0.1, 0.15) is 11.5 Å². The minimum Gasteiger partial charge on any atom is -0.464 e. The molecule has 0 fully saturated rings. The van der Waals surface area contributed by atoms with Crippen LogP contribution in [0.15, 0.2) is 16.5 Å². The molecule has 2 N–H and O–H groups in total. The molecule has 2 aromatic heterocycles. The molecule has 0 radical (unpaired) electrons. The van der Waals surface area contributed by atoms with Crippen molar-refractivity contribution in [2.75, 3.05) is 26.8 Å². The molecule has 0 saturated heterocycles. The number of hydrogen-bond acceptors (Lipinski definition) is 5. The van der Waals surface area contributed by atoms with Gasteiger partial charge in [-0.1, -0.05) is 0 Å². The van der Waals surface area contributed by atoms with Crippen molar-refractivity contribution in [3.63, 3.8) is 0 Å². The van der Waals surface area contributed by atoms with Crippen molar-refractivity contribution < 1.29 is 13.9 Å². The van der Waals surface area contributed by atoms with Crippen molar-refractivity contribution in [3.8, 4) is 0 Å². The molecule has 0 aliphatic carbocycles. The highest BCUT2D eigenvalue weighted by Gasteiger charge is 2.26. The summed E-state index contributed by atoms with van der Waals surface area (Å²) in [6.45, 7) is 4.83. The summed E-state index contributed by atoms with van der Waals surface area (Å²) in [5.74, 6) is 1.49. The van der Waals surface area contributed by atoms with E-state index in [0.717, 1.165) is 35.7 Å². The first-order valence-corrected chi connectivity index (χ1v) is 7.79. The summed E-state index contributed by atoms with van der Waals surface area (Å²) in [6.07, 6.45) is 0.866. The van der Waals surface area contributed by atoms with Gasteiger partial charge in [-0.05, 0) is 19.1 Å². The normalized spacial score (nSPS) is 13.2. The number of furan rings is 1. The Morgan fingerprint density at radius 3 is 3.00 bits per heavy atom. The number of aryl methyl sites for hydroxylation is 1. The van der Waals surface area contributed by atoms with Gasteiger partial charge in [-0.2, -0.15) is 5.10 Å². The van der Waals surface area contributed by atoms with Crippen LogP contribution in [0.2, 0.25) is 0 Å². The third-order valence-electron chi connectivity index (χ3n) is 4.00. The zero-order valence-electron chi connectivity index (χ0n) is 13.9. The van der Waals surface area contributed by atoms with Gasteiger partial charge in [0.05, 0.1) is 13.2 Å². The lowest BCUT2D eigenvalue weighted by Gasteiger charge is -2.21. The Morgan fingerprint density at radius 1 is 1.46 bits per heavy atom. The van der Waals surface area contributed by atoms with Crippen LogP contribution in [0.1, 0.15) is 33.3 Å². The molecular weight excluding hydrogens is 332 g/mol. The zero-order chi connectivity index (χ0) is 16.2. The van der Waals surface area contributed by atoms with E-state index in [1.807, 2.05) is 19.1 Å². The molecule has 0 aromatic carbocycles. The van der Waals surface area contributed by atoms with Crippen LogP contribution in [0.4, 0.5) is 0 Å². The number of hydrogen-bond donors (Lipinski definition) is 2. The third-order valence-corrected chi connectivity index (χ3v) is 4.00. The summed E-state index contributed by atoms with van der Waals surface area (Å²) < 4.78 is 10.7. The SMILES string of the molecule is COCCN(Cc1ccc(C)o1)C(=O)c1n[nH]c2c1CNCC2.Cl. The Morgan fingerprint density at radius 2 is 2.29 bits per heavy atom. The van der Waals surface area contributed by atoms with Crippen molar-refractivity contribution in [1.82, 2.24) is 20.4 Å². The van der Waals surface area contributed by atoms with Crippen LogP contribution in [0.5, 0.6) is 0 Å². The van der Waals surface area contributed by atoms with E-state index in [9.17, 15) is 4.79 Å². The lowest BCUT2D eigenvalue weighted by Crippen LogP contribution is -2.35. The monoisotopic (exact) mass is 354 g/mol. The summed E-state index contributed by atoms with van der Waals surface area (Å²) in [5, 5.41) is 10.5. The molecule has 3 rings (SSSR count). The molecule has 2 aromatic rings. The molecule has 132 valence electrons. The fraction of sp³-hybridized carbons (Fsp3) is 0.500. The molecular formula is C16H23ClN4O3. The number of ether oxygens (including phenoxy) is 1. The summed E-state index contributed by atoms with van der Waals surface area (Å²) in [4.78, 5) is 14.6. The Labute approximate surface area is 147 Å². The quantitative estimate of drug-likeness (QED) is 0.824. The fourth-order valence-electron chi connectivity index (χ4n) is 2.76. The van der Waals surface area contributed by atoms with Crippen molar-refractivity contribution in [2.24, 2.45) is 0 Å². The van der Waals surface area contributed by atoms with E-state index in [1.54, 1.807) is 12.0 Å². The second-order valence-corrected chi connectivity index (χ2v) is 5.69. The lowest BCUT2D eigenvalue weighted by molar-refractivity contribution is 0.0658. The predicted molar refractivity (Wildman–Crippen MR) is 91.3 cm³/mol. The molecule has 1 amide bonds. The molecule has 24 heavy (non-hydrogen) atoms. The maximum Gasteiger partial charge on any atom is 0.275 e. The minimum atomic E-state index is -0.0997.